The third-order valence-corrected chi connectivity index (χ3v) is 13.7. The van der Waals surface area contributed by atoms with E-state index in [9.17, 15) is 32.4 Å². The number of nitrogens with one attached hydrogen (secondary N) is 4. The number of likely N-dealkylation sites (tertiary alicyclic amines) is 1. The molecule has 2 aliphatic rings. The summed E-state index contributed by atoms with van der Waals surface area (Å²) >= 11 is 0. The first-order chi connectivity index (χ1) is 27.3. The zero-order valence-corrected chi connectivity index (χ0v) is 37.3. The van der Waals surface area contributed by atoms with Gasteiger partial charge >= 0.3 is 0 Å². The third kappa shape index (κ3) is 12.7. The Morgan fingerprint density at radius 3 is 2.00 bits per heavy atom. The van der Waals surface area contributed by atoms with Crippen molar-refractivity contribution in [1.29, 1.82) is 0 Å². The highest BCUT2D eigenvalue weighted by atomic mass is 32.2. The molecule has 1 saturated carbocycles. The van der Waals surface area contributed by atoms with Gasteiger partial charge < -0.3 is 35.2 Å². The normalized spacial score (nSPS) is 20.0. The van der Waals surface area contributed by atoms with Crippen LogP contribution in [0.25, 0.3) is 0 Å². The van der Waals surface area contributed by atoms with E-state index in [1.54, 1.807) is 55.1 Å². The van der Waals surface area contributed by atoms with Crippen molar-refractivity contribution < 1.29 is 41.9 Å². The average Bonchev–Trinajstić information content (AvgIpc) is 3.95. The van der Waals surface area contributed by atoms with Crippen LogP contribution in [-0.2, 0) is 49.9 Å². The fraction of sp³-hybridized carbons (Fsp3) is 0.738. The Labute approximate surface area is 346 Å². The summed E-state index contributed by atoms with van der Waals surface area (Å²) in [6, 6.07) is 5.59. The number of benzene rings is 1. The minimum absolute atomic E-state index is 0.00711. The van der Waals surface area contributed by atoms with E-state index in [-0.39, 0.29) is 48.3 Å². The molecule has 2 fully saturated rings. The summed E-state index contributed by atoms with van der Waals surface area (Å²) in [6.07, 6.45) is 1.50. The lowest BCUT2D eigenvalue weighted by atomic mass is 9.89. The van der Waals surface area contributed by atoms with Crippen molar-refractivity contribution in [3.8, 4) is 0 Å². The van der Waals surface area contributed by atoms with Crippen LogP contribution in [0.1, 0.15) is 92.6 Å². The number of methoxy groups -OCH3 is 2. The molecule has 58 heavy (non-hydrogen) atoms. The lowest BCUT2D eigenvalue weighted by molar-refractivity contribution is -0.148. The number of hydrogen-bond donors (Lipinski definition) is 4. The van der Waals surface area contributed by atoms with Crippen LogP contribution in [0.5, 0.6) is 0 Å². The van der Waals surface area contributed by atoms with Crippen molar-refractivity contribution in [3.63, 3.8) is 0 Å². The molecule has 1 aliphatic carbocycles. The lowest BCUT2D eigenvalue weighted by Crippen LogP contribution is -2.59. The molecule has 3 rings (SSSR count). The Morgan fingerprint density at radius 2 is 1.48 bits per heavy atom. The molecule has 0 unspecified atom stereocenters. The predicted molar refractivity (Wildman–Crippen MR) is 223 cm³/mol. The topological polar surface area (TPSA) is 193 Å². The van der Waals surface area contributed by atoms with Crippen LogP contribution in [0.4, 0.5) is 0 Å². The van der Waals surface area contributed by atoms with Gasteiger partial charge in [0.15, 0.2) is 0 Å². The summed E-state index contributed by atoms with van der Waals surface area (Å²) in [5, 5.41) is 8.18. The third-order valence-electron chi connectivity index (χ3n) is 11.9. The van der Waals surface area contributed by atoms with Crippen molar-refractivity contribution >= 4 is 39.6 Å². The Morgan fingerprint density at radius 1 is 0.862 bits per heavy atom. The van der Waals surface area contributed by atoms with Gasteiger partial charge in [-0.3, -0.25) is 28.7 Å². The van der Waals surface area contributed by atoms with Gasteiger partial charge in [-0.2, -0.15) is 0 Å². The molecular weight excluding hydrogens is 765 g/mol. The molecule has 1 aromatic rings. The second-order valence-corrected chi connectivity index (χ2v) is 18.8. The summed E-state index contributed by atoms with van der Waals surface area (Å²) in [5.74, 6) is -3.18. The highest BCUT2D eigenvalue weighted by molar-refractivity contribution is 7.90. The van der Waals surface area contributed by atoms with Crippen molar-refractivity contribution in [1.82, 2.24) is 30.5 Å². The van der Waals surface area contributed by atoms with Crippen molar-refractivity contribution in [2.75, 3.05) is 34.9 Å². The van der Waals surface area contributed by atoms with Gasteiger partial charge in [-0.1, -0.05) is 85.2 Å². The Balaban J connectivity index is 1.80. The van der Waals surface area contributed by atoms with Gasteiger partial charge in [0.1, 0.15) is 12.1 Å². The number of likely N-dealkylation sites (N-methyl/N-ethyl adjacent to an activating group) is 2. The Hall–Kier alpha value is -3.60. The first kappa shape index (κ1) is 48.8. The first-order valence-corrected chi connectivity index (χ1v) is 22.4. The maximum absolute atomic E-state index is 14.3. The minimum Gasteiger partial charge on any atom is -0.379 e. The van der Waals surface area contributed by atoms with Crippen molar-refractivity contribution in [2.24, 2.45) is 23.7 Å². The molecule has 1 aliphatic heterocycles. The van der Waals surface area contributed by atoms with Gasteiger partial charge in [0, 0.05) is 34.2 Å². The zero-order chi connectivity index (χ0) is 43.5. The van der Waals surface area contributed by atoms with E-state index in [4.69, 9.17) is 9.47 Å². The quantitative estimate of drug-likeness (QED) is 0.128. The number of carbonyl (C=O) groups excluding carboxylic acids is 5. The lowest BCUT2D eigenvalue weighted by Gasteiger charge is -2.41. The number of nitrogens with zero attached hydrogens (tertiary/aromatic N) is 2. The van der Waals surface area contributed by atoms with E-state index in [0.29, 0.717) is 38.6 Å². The molecule has 1 heterocycles. The molecule has 0 radical (unpaired) electrons. The van der Waals surface area contributed by atoms with E-state index in [1.807, 2.05) is 47.6 Å². The van der Waals surface area contributed by atoms with Crippen LogP contribution in [0, 0.1) is 23.7 Å². The van der Waals surface area contributed by atoms with Gasteiger partial charge in [-0.05, 0) is 56.0 Å². The molecule has 0 aromatic heterocycles. The van der Waals surface area contributed by atoms with Crippen molar-refractivity contribution in [3.05, 3.63) is 35.9 Å². The summed E-state index contributed by atoms with van der Waals surface area (Å²) in [6.45, 7) is 13.8. The van der Waals surface area contributed by atoms with E-state index in [0.717, 1.165) is 5.56 Å². The summed E-state index contributed by atoms with van der Waals surface area (Å²) < 4.78 is 39.5. The molecule has 16 heteroatoms. The van der Waals surface area contributed by atoms with E-state index in [2.05, 4.69) is 20.7 Å². The number of hydrogen-bond acceptors (Lipinski definition) is 10. The number of rotatable bonds is 23. The van der Waals surface area contributed by atoms with Gasteiger partial charge in [0.2, 0.25) is 33.7 Å². The van der Waals surface area contributed by atoms with Crippen LogP contribution in [0.2, 0.25) is 0 Å². The molecule has 9 atom stereocenters. The predicted octanol–water partition coefficient (Wildman–Crippen LogP) is 2.63. The standard InChI is InChI=1S/C42H70N6O9S/c1-12-27(6)37(47(9)42(53)36(26(4)5)45-41(52)35(43-8)25(2)3)33(56-10)24-34(49)48-22-16-19-32(48)38(57-11)28(7)39(50)44-31(23-29-17-14-13-15-18-29)40(51)46-58(54,55)30-20-21-30/h13-15,17-18,25-28,30-33,35-38,43H,12,16,19-24H2,1-11H3,(H,44,50)(H,45,52)(H,46,51)/t27-,28+,31-,32-,33+,35-,36-,37-,38+/m0/s1. The number of ether oxygens (including phenoxy) is 2. The van der Waals surface area contributed by atoms with Crippen LogP contribution in [0.15, 0.2) is 30.3 Å². The van der Waals surface area contributed by atoms with E-state index < -0.39 is 75.4 Å². The van der Waals surface area contributed by atoms with Crippen molar-refractivity contribution in [2.45, 2.75) is 141 Å². The monoisotopic (exact) mass is 834 g/mol. The smallest absolute Gasteiger partial charge is 0.256 e. The molecule has 1 aromatic carbocycles. The van der Waals surface area contributed by atoms with Gasteiger partial charge in [-0.15, -0.1) is 0 Å². The second kappa shape index (κ2) is 22.1. The summed E-state index contributed by atoms with van der Waals surface area (Å²) in [4.78, 5) is 72.3. The minimum atomic E-state index is -3.86. The second-order valence-electron chi connectivity index (χ2n) is 16.8. The van der Waals surface area contributed by atoms with Crippen LogP contribution in [0.3, 0.4) is 0 Å². The molecule has 328 valence electrons. The fourth-order valence-electron chi connectivity index (χ4n) is 8.08. The van der Waals surface area contributed by atoms with Crippen LogP contribution < -0.4 is 20.7 Å². The molecule has 5 amide bonds. The maximum atomic E-state index is 14.3. The molecule has 0 spiro atoms. The highest BCUT2D eigenvalue weighted by Gasteiger charge is 2.44. The fourth-order valence-corrected chi connectivity index (χ4v) is 9.43. The van der Waals surface area contributed by atoms with Gasteiger partial charge in [-0.25, -0.2) is 8.42 Å². The first-order valence-electron chi connectivity index (χ1n) is 20.8. The van der Waals surface area contributed by atoms with Gasteiger partial charge in [0.25, 0.3) is 5.91 Å². The Kier molecular flexibility index (Phi) is 18.6. The summed E-state index contributed by atoms with van der Waals surface area (Å²) in [5.41, 5.74) is 0.740. The molecule has 15 nitrogen and oxygen atoms in total. The average molecular weight is 835 g/mol. The number of amides is 5. The zero-order valence-electron chi connectivity index (χ0n) is 36.4. The SMILES string of the molecule is CC[C@H](C)[C@@H]([C@@H](CC(=O)N1CCC[C@H]1[C@H](OC)[C@@H](C)C(=O)N[C@@H](Cc1ccccc1)C(=O)NS(=O)(=O)C1CC1)OC)N(C)C(=O)[C@@H](NC(=O)[C@@H](NC)C(C)C)C(C)C. The van der Waals surface area contributed by atoms with Crippen LogP contribution in [-0.4, -0.2) is 130 Å². The van der Waals surface area contributed by atoms with Crippen LogP contribution >= 0.6 is 0 Å². The number of sulfonamides is 1. The largest absolute Gasteiger partial charge is 0.379 e. The maximum Gasteiger partial charge on any atom is 0.256 e. The molecule has 1 saturated heterocycles. The van der Waals surface area contributed by atoms with E-state index in [1.165, 1.54) is 14.2 Å². The highest BCUT2D eigenvalue weighted by Crippen LogP contribution is 2.30. The number of carbonyl (C=O) groups is 5. The molecule has 4 N–H and O–H groups in total. The van der Waals surface area contributed by atoms with E-state index >= 15 is 0 Å². The molecular formula is C42H70N6O9S. The summed E-state index contributed by atoms with van der Waals surface area (Å²) in [7, 11) is 2.56. The Bertz CT molecular complexity index is 1640. The molecule has 0 bridgehead atoms. The van der Waals surface area contributed by atoms with Gasteiger partial charge in [0.05, 0.1) is 47.9 Å².